The first-order valence-corrected chi connectivity index (χ1v) is 5.74. The SMILES string of the molecule is [N-]=[N+]=CC(F)(F)S(=O)(=O)c1ccc(Cl)cc1. The summed E-state index contributed by atoms with van der Waals surface area (Å²) in [5, 5.41) is -4.05. The van der Waals surface area contributed by atoms with Crippen LogP contribution in [0.3, 0.4) is 0 Å². The Balaban J connectivity index is 3.32. The zero-order valence-corrected chi connectivity index (χ0v) is 9.21. The van der Waals surface area contributed by atoms with Crippen LogP contribution in [0.5, 0.6) is 0 Å². The molecular weight excluding hydrogens is 262 g/mol. The largest absolute Gasteiger partial charge is 0.440 e. The summed E-state index contributed by atoms with van der Waals surface area (Å²) in [6.45, 7) is 0. The van der Waals surface area contributed by atoms with Gasteiger partial charge in [-0.2, -0.15) is 13.6 Å². The van der Waals surface area contributed by atoms with Crippen LogP contribution in [-0.2, 0) is 9.84 Å². The van der Waals surface area contributed by atoms with Crippen molar-refractivity contribution in [1.82, 2.24) is 0 Å². The quantitative estimate of drug-likeness (QED) is 0.477. The molecule has 1 rings (SSSR count). The molecule has 0 fully saturated rings. The number of nitrogens with zero attached hydrogens (tertiary/aromatic N) is 2. The highest BCUT2D eigenvalue weighted by molar-refractivity contribution is 7.93. The van der Waals surface area contributed by atoms with E-state index >= 15 is 0 Å². The smallest absolute Gasteiger partial charge is 0.362 e. The highest BCUT2D eigenvalue weighted by Crippen LogP contribution is 2.27. The van der Waals surface area contributed by atoms with Crippen molar-refractivity contribution in [3.63, 3.8) is 0 Å². The predicted molar refractivity (Wildman–Crippen MR) is 53.3 cm³/mol. The fourth-order valence-corrected chi connectivity index (χ4v) is 2.03. The lowest BCUT2D eigenvalue weighted by Crippen LogP contribution is -2.30. The summed E-state index contributed by atoms with van der Waals surface area (Å²) in [6, 6.07) is 4.22. The van der Waals surface area contributed by atoms with Gasteiger partial charge in [0.1, 0.15) is 0 Å². The van der Waals surface area contributed by atoms with Crippen molar-refractivity contribution in [1.29, 1.82) is 0 Å². The summed E-state index contributed by atoms with van der Waals surface area (Å²) < 4.78 is 48.8. The van der Waals surface area contributed by atoms with Crippen LogP contribution in [-0.4, -0.2) is 24.7 Å². The Kier molecular flexibility index (Phi) is 3.42. The van der Waals surface area contributed by atoms with Crippen molar-refractivity contribution in [2.75, 3.05) is 0 Å². The molecule has 8 heteroatoms. The molecule has 0 unspecified atom stereocenters. The van der Waals surface area contributed by atoms with Crippen LogP contribution in [0.4, 0.5) is 8.78 Å². The average molecular weight is 267 g/mol. The molecule has 86 valence electrons. The number of sulfone groups is 1. The second-order valence-electron chi connectivity index (χ2n) is 2.76. The second-order valence-corrected chi connectivity index (χ2v) is 5.22. The fraction of sp³-hybridized carbons (Fsp3) is 0.125. The molecule has 16 heavy (non-hydrogen) atoms. The van der Waals surface area contributed by atoms with Gasteiger partial charge in [0.25, 0.3) is 9.84 Å². The van der Waals surface area contributed by atoms with Gasteiger partial charge >= 0.3 is 11.5 Å². The van der Waals surface area contributed by atoms with Gasteiger partial charge in [-0.05, 0) is 24.3 Å². The third-order valence-electron chi connectivity index (χ3n) is 1.69. The van der Waals surface area contributed by atoms with Gasteiger partial charge in [-0.15, -0.1) is 0 Å². The van der Waals surface area contributed by atoms with Crippen LogP contribution in [0.15, 0.2) is 29.2 Å². The minimum Gasteiger partial charge on any atom is -0.362 e. The number of alkyl halides is 2. The molecule has 0 heterocycles. The number of halogens is 3. The number of rotatable bonds is 3. The predicted octanol–water partition coefficient (Wildman–Crippen LogP) is 2.01. The zero-order chi connectivity index (χ0) is 12.4. The second kappa shape index (κ2) is 4.29. The lowest BCUT2D eigenvalue weighted by Gasteiger charge is -2.08. The molecule has 0 radical (unpaired) electrons. The number of benzene rings is 1. The molecule has 0 aliphatic heterocycles. The van der Waals surface area contributed by atoms with E-state index in [9.17, 15) is 17.2 Å². The van der Waals surface area contributed by atoms with Gasteiger partial charge in [0.2, 0.25) is 0 Å². The topological polar surface area (TPSA) is 70.5 Å². The highest BCUT2D eigenvalue weighted by Gasteiger charge is 2.49. The van der Waals surface area contributed by atoms with Crippen molar-refractivity contribution in [2.24, 2.45) is 0 Å². The van der Waals surface area contributed by atoms with Crippen molar-refractivity contribution in [3.8, 4) is 0 Å². The molecule has 1 aromatic carbocycles. The van der Waals surface area contributed by atoms with E-state index in [-0.39, 0.29) is 11.2 Å². The molecule has 0 bridgehead atoms. The summed E-state index contributed by atoms with van der Waals surface area (Å²) in [5.41, 5.74) is 7.96. The number of hydrogen-bond donors (Lipinski definition) is 0. The van der Waals surface area contributed by atoms with Gasteiger partial charge in [-0.3, -0.25) is 0 Å². The fourth-order valence-electron chi connectivity index (χ4n) is 0.907. The lowest BCUT2D eigenvalue weighted by molar-refractivity contribution is -0.0198. The molecule has 0 aliphatic rings. The Morgan fingerprint density at radius 3 is 2.25 bits per heavy atom. The Bertz CT molecular complexity index is 536. The first kappa shape index (κ1) is 12.8. The summed E-state index contributed by atoms with van der Waals surface area (Å²) >= 11 is 5.49. The molecule has 0 saturated heterocycles. The van der Waals surface area contributed by atoms with Gasteiger partial charge in [0, 0.05) is 5.02 Å². The minimum absolute atomic E-state index is 0.220. The van der Waals surface area contributed by atoms with E-state index in [2.05, 4.69) is 0 Å². The molecule has 0 N–H and O–H groups in total. The lowest BCUT2D eigenvalue weighted by atomic mass is 10.4. The third kappa shape index (κ3) is 2.27. The van der Waals surface area contributed by atoms with E-state index < -0.39 is 20.0 Å². The highest BCUT2D eigenvalue weighted by atomic mass is 35.5. The Labute approximate surface area is 95.0 Å². The molecule has 0 saturated carbocycles. The number of hydrogen-bond acceptors (Lipinski definition) is 2. The van der Waals surface area contributed by atoms with Crippen molar-refractivity contribution in [2.45, 2.75) is 10.2 Å². The van der Waals surface area contributed by atoms with Crippen molar-refractivity contribution < 1.29 is 22.0 Å². The van der Waals surface area contributed by atoms with Gasteiger partial charge in [-0.1, -0.05) is 11.6 Å². The minimum atomic E-state index is -4.92. The van der Waals surface area contributed by atoms with Crippen LogP contribution in [0.1, 0.15) is 0 Å². The van der Waals surface area contributed by atoms with Gasteiger partial charge in [0.05, 0.1) is 4.90 Å². The molecular formula is C8H5ClF2N2O2S. The molecule has 0 aromatic heterocycles. The van der Waals surface area contributed by atoms with Gasteiger partial charge in [0.15, 0.2) is 0 Å². The average Bonchev–Trinajstić information content (AvgIpc) is 2.18. The molecule has 1 aromatic rings. The van der Waals surface area contributed by atoms with E-state index in [0.717, 1.165) is 12.1 Å². The van der Waals surface area contributed by atoms with E-state index in [4.69, 9.17) is 17.1 Å². The Morgan fingerprint density at radius 2 is 1.81 bits per heavy atom. The Hall–Kier alpha value is -1.30. The van der Waals surface area contributed by atoms with Crippen LogP contribution in [0, 0.1) is 0 Å². The summed E-state index contributed by atoms with van der Waals surface area (Å²) in [7, 11) is -4.92. The summed E-state index contributed by atoms with van der Waals surface area (Å²) in [5.74, 6) is 0. The van der Waals surface area contributed by atoms with Crippen LogP contribution in [0.25, 0.3) is 5.53 Å². The van der Waals surface area contributed by atoms with Gasteiger partial charge in [-0.25, -0.2) is 8.42 Å². The van der Waals surface area contributed by atoms with Crippen molar-refractivity contribution >= 4 is 27.7 Å². The van der Waals surface area contributed by atoms with E-state index in [1.165, 1.54) is 12.1 Å². The zero-order valence-electron chi connectivity index (χ0n) is 7.64. The standard InChI is InChI=1S/C8H5ClF2N2O2S/c9-6-1-3-7(4-2-6)16(14,15)8(10,11)5-13-12/h1-5H. The summed E-state index contributed by atoms with van der Waals surface area (Å²) in [6.07, 6.45) is -0.350. The maximum absolute atomic E-state index is 13.1. The van der Waals surface area contributed by atoms with Crippen LogP contribution in [0.2, 0.25) is 5.02 Å². The van der Waals surface area contributed by atoms with Crippen molar-refractivity contribution in [3.05, 3.63) is 34.8 Å². The maximum atomic E-state index is 13.1. The summed E-state index contributed by atoms with van der Waals surface area (Å²) in [4.78, 5) is 1.43. The molecule has 0 aliphatic carbocycles. The first-order chi connectivity index (χ1) is 7.31. The Morgan fingerprint density at radius 1 is 1.31 bits per heavy atom. The van der Waals surface area contributed by atoms with E-state index in [0.29, 0.717) is 0 Å². The maximum Gasteiger partial charge on any atom is 0.440 e. The molecule has 0 amide bonds. The van der Waals surface area contributed by atoms with Gasteiger partial charge < -0.3 is 5.53 Å². The monoisotopic (exact) mass is 266 g/mol. The molecule has 0 spiro atoms. The van der Waals surface area contributed by atoms with Crippen LogP contribution >= 0.6 is 11.6 Å². The first-order valence-electron chi connectivity index (χ1n) is 3.88. The molecule has 4 nitrogen and oxygen atoms in total. The van der Waals surface area contributed by atoms with E-state index in [1.807, 2.05) is 4.79 Å². The normalized spacial score (nSPS) is 11.9. The van der Waals surface area contributed by atoms with Crippen LogP contribution < -0.4 is 0 Å². The molecule has 0 atom stereocenters. The van der Waals surface area contributed by atoms with E-state index in [1.54, 1.807) is 0 Å². The third-order valence-corrected chi connectivity index (χ3v) is 3.66.